The van der Waals surface area contributed by atoms with Gasteiger partial charge < -0.3 is 15.4 Å². The SMILES string of the molecule is CC(C)c1nc2ccc(NC(=O)NC3CCCOCC3)cc2s1. The van der Waals surface area contributed by atoms with Crippen LogP contribution in [0.3, 0.4) is 0 Å². The molecule has 1 saturated heterocycles. The lowest BCUT2D eigenvalue weighted by Crippen LogP contribution is -2.38. The lowest BCUT2D eigenvalue weighted by Gasteiger charge is -2.16. The third-order valence-electron chi connectivity index (χ3n) is 3.94. The number of hydrogen-bond donors (Lipinski definition) is 2. The molecule has 0 spiro atoms. The molecule has 1 aliphatic rings. The first-order chi connectivity index (χ1) is 11.1. The predicted octanol–water partition coefficient (Wildman–Crippen LogP) is 4.11. The zero-order valence-electron chi connectivity index (χ0n) is 13.6. The number of rotatable bonds is 3. The molecular weight excluding hydrogens is 310 g/mol. The minimum atomic E-state index is -0.148. The zero-order chi connectivity index (χ0) is 16.2. The Bertz CT molecular complexity index is 676. The van der Waals surface area contributed by atoms with Crippen LogP contribution in [0.15, 0.2) is 18.2 Å². The Morgan fingerprint density at radius 3 is 3.04 bits per heavy atom. The maximum Gasteiger partial charge on any atom is 0.319 e. The summed E-state index contributed by atoms with van der Waals surface area (Å²) in [5, 5.41) is 7.09. The Morgan fingerprint density at radius 1 is 1.35 bits per heavy atom. The number of fused-ring (bicyclic) bond motifs is 1. The van der Waals surface area contributed by atoms with Gasteiger partial charge in [-0.3, -0.25) is 0 Å². The summed E-state index contributed by atoms with van der Waals surface area (Å²) in [7, 11) is 0. The molecule has 0 aliphatic carbocycles. The maximum absolute atomic E-state index is 12.2. The second kappa shape index (κ2) is 7.27. The fraction of sp³-hybridized carbons (Fsp3) is 0.529. The van der Waals surface area contributed by atoms with Crippen LogP contribution in [0.1, 0.15) is 44.0 Å². The number of benzene rings is 1. The van der Waals surface area contributed by atoms with E-state index in [4.69, 9.17) is 4.74 Å². The Balaban J connectivity index is 1.64. The van der Waals surface area contributed by atoms with Crippen molar-refractivity contribution in [3.8, 4) is 0 Å². The molecule has 1 aromatic carbocycles. The molecule has 0 bridgehead atoms. The monoisotopic (exact) mass is 333 g/mol. The highest BCUT2D eigenvalue weighted by molar-refractivity contribution is 7.18. The maximum atomic E-state index is 12.2. The van der Waals surface area contributed by atoms with E-state index in [1.165, 1.54) is 0 Å². The van der Waals surface area contributed by atoms with E-state index in [9.17, 15) is 4.79 Å². The molecule has 6 heteroatoms. The van der Waals surface area contributed by atoms with E-state index in [-0.39, 0.29) is 12.1 Å². The van der Waals surface area contributed by atoms with Crippen LogP contribution < -0.4 is 10.6 Å². The molecule has 1 atom stereocenters. The average Bonchev–Trinajstić information content (AvgIpc) is 2.77. The third kappa shape index (κ3) is 4.20. The van der Waals surface area contributed by atoms with Crippen LogP contribution >= 0.6 is 11.3 Å². The topological polar surface area (TPSA) is 63.2 Å². The van der Waals surface area contributed by atoms with Crippen molar-refractivity contribution in [2.45, 2.75) is 45.1 Å². The fourth-order valence-electron chi connectivity index (χ4n) is 2.67. The number of anilines is 1. The molecular formula is C17H23N3O2S. The normalized spacial score (nSPS) is 18.8. The number of hydrogen-bond acceptors (Lipinski definition) is 4. The predicted molar refractivity (Wildman–Crippen MR) is 94.3 cm³/mol. The van der Waals surface area contributed by atoms with Gasteiger partial charge >= 0.3 is 6.03 Å². The third-order valence-corrected chi connectivity index (χ3v) is 5.26. The van der Waals surface area contributed by atoms with Crippen molar-refractivity contribution in [2.24, 2.45) is 0 Å². The van der Waals surface area contributed by atoms with Crippen molar-refractivity contribution in [3.05, 3.63) is 23.2 Å². The second-order valence-electron chi connectivity index (χ2n) is 6.23. The number of urea groups is 1. The largest absolute Gasteiger partial charge is 0.381 e. The van der Waals surface area contributed by atoms with Crippen molar-refractivity contribution in [1.82, 2.24) is 10.3 Å². The number of nitrogens with one attached hydrogen (secondary N) is 2. The fourth-order valence-corrected chi connectivity index (χ4v) is 3.68. The molecule has 23 heavy (non-hydrogen) atoms. The summed E-state index contributed by atoms with van der Waals surface area (Å²) in [5.41, 5.74) is 1.80. The van der Waals surface area contributed by atoms with Gasteiger partial charge in [-0.15, -0.1) is 11.3 Å². The number of amides is 2. The number of carbonyl (C=O) groups is 1. The standard InChI is InChI=1S/C17H23N3O2S/c1-11(2)16-20-14-6-5-13(10-15(14)23-16)19-17(21)18-12-4-3-8-22-9-7-12/h5-6,10-12H,3-4,7-9H2,1-2H3,(H2,18,19,21). The summed E-state index contributed by atoms with van der Waals surface area (Å²) < 4.78 is 6.52. The number of thiazole rings is 1. The summed E-state index contributed by atoms with van der Waals surface area (Å²) in [6.07, 6.45) is 2.84. The minimum absolute atomic E-state index is 0.148. The van der Waals surface area contributed by atoms with Gasteiger partial charge in [0.05, 0.1) is 15.2 Å². The quantitative estimate of drug-likeness (QED) is 0.888. The average molecular weight is 333 g/mol. The minimum Gasteiger partial charge on any atom is -0.381 e. The van der Waals surface area contributed by atoms with Gasteiger partial charge in [0.15, 0.2) is 0 Å². The Morgan fingerprint density at radius 2 is 2.22 bits per heavy atom. The van der Waals surface area contributed by atoms with Gasteiger partial charge in [-0.1, -0.05) is 13.8 Å². The molecule has 0 radical (unpaired) electrons. The van der Waals surface area contributed by atoms with E-state index in [2.05, 4.69) is 29.5 Å². The van der Waals surface area contributed by atoms with Crippen molar-refractivity contribution >= 4 is 33.3 Å². The summed E-state index contributed by atoms with van der Waals surface area (Å²) in [6, 6.07) is 5.91. The number of ether oxygens (including phenoxy) is 1. The summed E-state index contributed by atoms with van der Waals surface area (Å²) in [6.45, 7) is 5.79. The van der Waals surface area contributed by atoms with E-state index in [0.717, 1.165) is 53.4 Å². The van der Waals surface area contributed by atoms with Crippen LogP contribution in [0.5, 0.6) is 0 Å². The van der Waals surface area contributed by atoms with Crippen LogP contribution in [-0.4, -0.2) is 30.3 Å². The highest BCUT2D eigenvalue weighted by Gasteiger charge is 2.15. The van der Waals surface area contributed by atoms with E-state index in [0.29, 0.717) is 5.92 Å². The molecule has 124 valence electrons. The van der Waals surface area contributed by atoms with E-state index in [1.807, 2.05) is 18.2 Å². The number of aromatic nitrogens is 1. The van der Waals surface area contributed by atoms with E-state index >= 15 is 0 Å². The zero-order valence-corrected chi connectivity index (χ0v) is 14.4. The van der Waals surface area contributed by atoms with Crippen LogP contribution in [0.25, 0.3) is 10.2 Å². The van der Waals surface area contributed by atoms with Gasteiger partial charge in [0.25, 0.3) is 0 Å². The van der Waals surface area contributed by atoms with Gasteiger partial charge in [-0.25, -0.2) is 9.78 Å². The highest BCUT2D eigenvalue weighted by atomic mass is 32.1. The summed E-state index contributed by atoms with van der Waals surface area (Å²) in [4.78, 5) is 16.8. The lowest BCUT2D eigenvalue weighted by atomic mass is 10.1. The first-order valence-electron chi connectivity index (χ1n) is 8.17. The van der Waals surface area contributed by atoms with Gasteiger partial charge in [-0.2, -0.15) is 0 Å². The smallest absolute Gasteiger partial charge is 0.319 e. The van der Waals surface area contributed by atoms with Crippen LogP contribution in [0, 0.1) is 0 Å². The van der Waals surface area contributed by atoms with Crippen LogP contribution in [-0.2, 0) is 4.74 Å². The van der Waals surface area contributed by atoms with Crippen LogP contribution in [0.2, 0.25) is 0 Å². The van der Waals surface area contributed by atoms with Crippen molar-refractivity contribution in [3.63, 3.8) is 0 Å². The van der Waals surface area contributed by atoms with Crippen LogP contribution in [0.4, 0.5) is 10.5 Å². The van der Waals surface area contributed by atoms with Gasteiger partial charge in [0.1, 0.15) is 0 Å². The molecule has 1 aromatic heterocycles. The molecule has 0 saturated carbocycles. The van der Waals surface area contributed by atoms with E-state index in [1.54, 1.807) is 11.3 Å². The Hall–Kier alpha value is -1.66. The Labute approximate surface area is 140 Å². The molecule has 1 fully saturated rings. The molecule has 1 unspecified atom stereocenters. The molecule has 1 aliphatic heterocycles. The molecule has 3 rings (SSSR count). The van der Waals surface area contributed by atoms with Crippen molar-refractivity contribution < 1.29 is 9.53 Å². The second-order valence-corrected chi connectivity index (χ2v) is 7.29. The van der Waals surface area contributed by atoms with Gasteiger partial charge in [0.2, 0.25) is 0 Å². The molecule has 2 aromatic rings. The van der Waals surface area contributed by atoms with Crippen molar-refractivity contribution in [1.29, 1.82) is 0 Å². The van der Waals surface area contributed by atoms with Gasteiger partial charge in [0, 0.05) is 30.9 Å². The van der Waals surface area contributed by atoms with Crippen molar-refractivity contribution in [2.75, 3.05) is 18.5 Å². The first-order valence-corrected chi connectivity index (χ1v) is 8.99. The molecule has 5 nitrogen and oxygen atoms in total. The molecule has 2 amide bonds. The Kier molecular flexibility index (Phi) is 5.13. The lowest BCUT2D eigenvalue weighted by molar-refractivity contribution is 0.143. The first kappa shape index (κ1) is 16.2. The summed E-state index contributed by atoms with van der Waals surface area (Å²) >= 11 is 1.69. The highest BCUT2D eigenvalue weighted by Crippen LogP contribution is 2.29. The van der Waals surface area contributed by atoms with Gasteiger partial charge in [-0.05, 0) is 37.5 Å². The molecule has 2 N–H and O–H groups in total. The number of carbonyl (C=O) groups excluding carboxylic acids is 1. The summed E-state index contributed by atoms with van der Waals surface area (Å²) in [5.74, 6) is 0.421. The van der Waals surface area contributed by atoms with E-state index < -0.39 is 0 Å². The number of nitrogens with zero attached hydrogens (tertiary/aromatic N) is 1. The molecule has 2 heterocycles.